The summed E-state index contributed by atoms with van der Waals surface area (Å²) in [6, 6.07) is 10.5. The molecule has 1 aliphatic heterocycles. The molecule has 1 aromatic heterocycles. The number of aliphatic hydroxyl groups is 1. The van der Waals surface area contributed by atoms with Crippen molar-refractivity contribution in [1.82, 2.24) is 14.9 Å². The molecule has 4 rings (SSSR count). The number of benzene rings is 2. The molecule has 148 valence electrons. The fourth-order valence-electron chi connectivity index (χ4n) is 3.19. The first kappa shape index (κ1) is 19.0. The van der Waals surface area contributed by atoms with Crippen molar-refractivity contribution in [2.45, 2.75) is 18.9 Å². The highest BCUT2D eigenvalue weighted by Crippen LogP contribution is 2.34. The molecule has 1 atom stereocenters. The van der Waals surface area contributed by atoms with Crippen molar-refractivity contribution in [3.63, 3.8) is 0 Å². The minimum Gasteiger partial charge on any atom is -0.369 e. The Bertz CT molecular complexity index is 1080. The number of alkyl halides is 3. The van der Waals surface area contributed by atoms with Crippen molar-refractivity contribution in [1.29, 1.82) is 0 Å². The molecule has 0 saturated heterocycles. The average molecular weight is 403 g/mol. The summed E-state index contributed by atoms with van der Waals surface area (Å²) < 4.78 is 52.2. The van der Waals surface area contributed by atoms with Crippen molar-refractivity contribution in [2.75, 3.05) is 0 Å². The third-order valence-electron chi connectivity index (χ3n) is 4.65. The van der Waals surface area contributed by atoms with Crippen molar-refractivity contribution in [3.05, 3.63) is 83.2 Å². The van der Waals surface area contributed by atoms with E-state index in [0.29, 0.717) is 16.7 Å². The molecule has 0 aliphatic carbocycles. The lowest BCUT2D eigenvalue weighted by atomic mass is 10.0. The van der Waals surface area contributed by atoms with Crippen LogP contribution >= 0.6 is 0 Å². The van der Waals surface area contributed by atoms with Gasteiger partial charge in [-0.3, -0.25) is 4.79 Å². The van der Waals surface area contributed by atoms with E-state index in [0.717, 1.165) is 23.4 Å². The van der Waals surface area contributed by atoms with Crippen LogP contribution in [0.3, 0.4) is 0 Å². The minimum absolute atomic E-state index is 0.0996. The average Bonchev–Trinajstić information content (AvgIpc) is 2.94. The number of carbonyl (C=O) groups excluding carboxylic acids is 1. The highest BCUT2D eigenvalue weighted by Gasteiger charge is 2.36. The van der Waals surface area contributed by atoms with Gasteiger partial charge in [-0.1, -0.05) is 24.3 Å². The third-order valence-corrected chi connectivity index (χ3v) is 4.65. The first-order valence-corrected chi connectivity index (χ1v) is 8.51. The van der Waals surface area contributed by atoms with Crippen LogP contribution < -0.4 is 0 Å². The standard InChI is InChI=1S/C20H13F4N3O2/c21-16-6-5-11(13-8-25-19(26-9-13)20(22,23)24)7-12(16)10-27-17(28)14-3-1-2-4-15(14)18(27)29/h1-9,17,28H,10H2. The second kappa shape index (κ2) is 6.93. The summed E-state index contributed by atoms with van der Waals surface area (Å²) >= 11 is 0. The zero-order chi connectivity index (χ0) is 20.8. The predicted octanol–water partition coefficient (Wildman–Crippen LogP) is 3.95. The number of aliphatic hydroxyl groups excluding tert-OH is 1. The quantitative estimate of drug-likeness (QED) is 0.673. The summed E-state index contributed by atoms with van der Waals surface area (Å²) in [5.74, 6) is -2.32. The van der Waals surface area contributed by atoms with E-state index in [4.69, 9.17) is 0 Å². The van der Waals surface area contributed by atoms with E-state index in [1.54, 1.807) is 24.3 Å². The Kier molecular flexibility index (Phi) is 4.54. The molecule has 1 N–H and O–H groups in total. The van der Waals surface area contributed by atoms with Crippen LogP contribution in [0.4, 0.5) is 17.6 Å². The van der Waals surface area contributed by atoms with Gasteiger partial charge in [-0.2, -0.15) is 13.2 Å². The van der Waals surface area contributed by atoms with Crippen LogP contribution in [0.15, 0.2) is 54.9 Å². The molecule has 5 nitrogen and oxygen atoms in total. The van der Waals surface area contributed by atoms with Gasteiger partial charge in [-0.05, 0) is 23.8 Å². The molecule has 1 amide bonds. The maximum absolute atomic E-state index is 14.3. The molecule has 9 heteroatoms. The van der Waals surface area contributed by atoms with E-state index in [2.05, 4.69) is 9.97 Å². The SMILES string of the molecule is O=C1c2ccccc2C(O)N1Cc1cc(-c2cnc(C(F)(F)F)nc2)ccc1F. The molecule has 0 fully saturated rings. The van der Waals surface area contributed by atoms with Gasteiger partial charge < -0.3 is 10.0 Å². The molecule has 29 heavy (non-hydrogen) atoms. The lowest BCUT2D eigenvalue weighted by Crippen LogP contribution is -2.27. The largest absolute Gasteiger partial charge is 0.451 e. The predicted molar refractivity (Wildman–Crippen MR) is 93.7 cm³/mol. The van der Waals surface area contributed by atoms with E-state index < -0.39 is 30.0 Å². The lowest BCUT2D eigenvalue weighted by Gasteiger charge is -2.21. The zero-order valence-electron chi connectivity index (χ0n) is 14.7. The number of amides is 1. The van der Waals surface area contributed by atoms with Gasteiger partial charge in [0, 0.05) is 34.6 Å². The number of rotatable bonds is 3. The second-order valence-electron chi connectivity index (χ2n) is 6.49. The van der Waals surface area contributed by atoms with Crippen molar-refractivity contribution in [3.8, 4) is 11.1 Å². The molecule has 0 bridgehead atoms. The summed E-state index contributed by atoms with van der Waals surface area (Å²) in [5, 5.41) is 10.4. The lowest BCUT2D eigenvalue weighted by molar-refractivity contribution is -0.144. The molecular weight excluding hydrogens is 390 g/mol. The number of hydrogen-bond donors (Lipinski definition) is 1. The second-order valence-corrected chi connectivity index (χ2v) is 6.49. The molecule has 2 aromatic carbocycles. The van der Waals surface area contributed by atoms with Crippen LogP contribution in [0.5, 0.6) is 0 Å². The maximum atomic E-state index is 14.3. The Labute approximate surface area is 162 Å². The van der Waals surface area contributed by atoms with Crippen LogP contribution in [0.25, 0.3) is 11.1 Å². The Hall–Kier alpha value is -3.33. The Balaban J connectivity index is 1.62. The number of nitrogens with zero attached hydrogens (tertiary/aromatic N) is 3. The maximum Gasteiger partial charge on any atom is 0.451 e. The van der Waals surface area contributed by atoms with Gasteiger partial charge in [-0.25, -0.2) is 14.4 Å². The van der Waals surface area contributed by atoms with Crippen LogP contribution in [-0.2, 0) is 12.7 Å². The molecule has 0 saturated carbocycles. The fraction of sp³-hybridized carbons (Fsp3) is 0.150. The summed E-state index contributed by atoms with van der Waals surface area (Å²) in [6.45, 7) is -0.212. The number of hydrogen-bond acceptors (Lipinski definition) is 4. The summed E-state index contributed by atoms with van der Waals surface area (Å²) in [4.78, 5) is 20.2. The van der Waals surface area contributed by atoms with E-state index in [-0.39, 0.29) is 17.7 Å². The Morgan fingerprint density at radius 1 is 1.03 bits per heavy atom. The van der Waals surface area contributed by atoms with Crippen LogP contribution in [0.2, 0.25) is 0 Å². The molecule has 3 aromatic rings. The highest BCUT2D eigenvalue weighted by atomic mass is 19.4. The van der Waals surface area contributed by atoms with E-state index >= 15 is 0 Å². The molecule has 0 radical (unpaired) electrons. The molecule has 2 heterocycles. The normalized spacial score (nSPS) is 16.2. The van der Waals surface area contributed by atoms with Gasteiger partial charge in [0.2, 0.25) is 5.82 Å². The zero-order valence-corrected chi connectivity index (χ0v) is 14.7. The number of halogens is 4. The molecule has 0 spiro atoms. The summed E-state index contributed by atoms with van der Waals surface area (Å²) in [6.07, 6.45) is -3.87. The third kappa shape index (κ3) is 3.44. The van der Waals surface area contributed by atoms with E-state index in [1.165, 1.54) is 12.1 Å². The Morgan fingerprint density at radius 3 is 2.38 bits per heavy atom. The highest BCUT2D eigenvalue weighted by molar-refractivity contribution is 5.98. The van der Waals surface area contributed by atoms with E-state index in [9.17, 15) is 27.5 Å². The topological polar surface area (TPSA) is 66.3 Å². The van der Waals surface area contributed by atoms with Gasteiger partial charge in [0.25, 0.3) is 5.91 Å². The Morgan fingerprint density at radius 2 is 1.72 bits per heavy atom. The minimum atomic E-state index is -4.66. The molecular formula is C20H13F4N3O2. The first-order chi connectivity index (χ1) is 13.8. The van der Waals surface area contributed by atoms with Gasteiger partial charge >= 0.3 is 6.18 Å². The number of fused-ring (bicyclic) bond motifs is 1. The van der Waals surface area contributed by atoms with Gasteiger partial charge in [0.1, 0.15) is 5.82 Å². The molecule has 1 aliphatic rings. The monoisotopic (exact) mass is 403 g/mol. The fourth-order valence-corrected chi connectivity index (χ4v) is 3.19. The van der Waals surface area contributed by atoms with Gasteiger partial charge in [0.15, 0.2) is 6.23 Å². The van der Waals surface area contributed by atoms with Crippen LogP contribution in [0.1, 0.15) is 33.5 Å². The number of carbonyl (C=O) groups is 1. The summed E-state index contributed by atoms with van der Waals surface area (Å²) in [5.41, 5.74) is 1.52. The smallest absolute Gasteiger partial charge is 0.369 e. The van der Waals surface area contributed by atoms with Crippen LogP contribution in [-0.4, -0.2) is 25.9 Å². The van der Waals surface area contributed by atoms with Gasteiger partial charge in [0.05, 0.1) is 6.54 Å². The number of aromatic nitrogens is 2. The van der Waals surface area contributed by atoms with Crippen molar-refractivity contribution in [2.24, 2.45) is 0 Å². The first-order valence-electron chi connectivity index (χ1n) is 8.51. The molecule has 1 unspecified atom stereocenters. The van der Waals surface area contributed by atoms with E-state index in [1.807, 2.05) is 0 Å². The van der Waals surface area contributed by atoms with Gasteiger partial charge in [-0.15, -0.1) is 0 Å². The van der Waals surface area contributed by atoms with Crippen LogP contribution in [0, 0.1) is 5.82 Å². The summed E-state index contributed by atoms with van der Waals surface area (Å²) in [7, 11) is 0. The van der Waals surface area contributed by atoms with Crippen molar-refractivity contribution < 1.29 is 27.5 Å². The van der Waals surface area contributed by atoms with Crippen molar-refractivity contribution >= 4 is 5.91 Å².